The lowest BCUT2D eigenvalue weighted by Crippen LogP contribution is -2.22. The second-order valence-electron chi connectivity index (χ2n) is 2.78. The molecule has 1 heterocycles. The predicted octanol–water partition coefficient (Wildman–Crippen LogP) is 0.792. The summed E-state index contributed by atoms with van der Waals surface area (Å²) in [7, 11) is 4.92. The molecule has 70 valence electrons. The van der Waals surface area contributed by atoms with Crippen molar-refractivity contribution in [2.24, 2.45) is 0 Å². The maximum Gasteiger partial charge on any atom is 0.272 e. The van der Waals surface area contributed by atoms with Gasteiger partial charge in [-0.15, -0.1) is 0 Å². The highest BCUT2D eigenvalue weighted by molar-refractivity contribution is 5.92. The number of hydrogen-bond donors (Lipinski definition) is 0. The topological polar surface area (TPSA) is 42.4 Å². The molecule has 1 aromatic heterocycles. The zero-order valence-electron chi connectivity index (χ0n) is 7.94. The van der Waals surface area contributed by atoms with Crippen LogP contribution in [0.3, 0.4) is 0 Å². The third kappa shape index (κ3) is 2.18. The highest BCUT2D eigenvalue weighted by Crippen LogP contribution is 2.10. The van der Waals surface area contributed by atoms with Gasteiger partial charge in [0, 0.05) is 26.4 Å². The third-order valence-corrected chi connectivity index (χ3v) is 1.59. The molecule has 0 N–H and O–H groups in total. The van der Waals surface area contributed by atoms with Crippen molar-refractivity contribution in [1.29, 1.82) is 0 Å². The Morgan fingerprint density at radius 1 is 1.54 bits per heavy atom. The highest BCUT2D eigenvalue weighted by Gasteiger charge is 2.09. The first kappa shape index (κ1) is 9.51. The summed E-state index contributed by atoms with van der Waals surface area (Å²) in [4.78, 5) is 16.8. The molecule has 0 atom stereocenters. The van der Waals surface area contributed by atoms with Crippen LogP contribution in [-0.2, 0) is 0 Å². The average molecular weight is 180 g/mol. The van der Waals surface area contributed by atoms with Crippen LogP contribution >= 0.6 is 0 Å². The molecule has 0 aromatic carbocycles. The number of aromatic nitrogens is 1. The number of carbonyl (C=O) groups is 1. The van der Waals surface area contributed by atoms with Gasteiger partial charge in [0.25, 0.3) is 5.91 Å². The molecular weight excluding hydrogens is 168 g/mol. The van der Waals surface area contributed by atoms with E-state index in [1.165, 1.54) is 4.90 Å². The van der Waals surface area contributed by atoms with Gasteiger partial charge in [0.05, 0.1) is 7.11 Å². The van der Waals surface area contributed by atoms with Gasteiger partial charge in [0.1, 0.15) is 11.4 Å². The minimum Gasteiger partial charge on any atom is -0.497 e. The molecule has 0 radical (unpaired) electrons. The Bertz CT molecular complexity index is 310. The molecule has 1 amide bonds. The maximum atomic E-state index is 11.4. The van der Waals surface area contributed by atoms with E-state index >= 15 is 0 Å². The Labute approximate surface area is 77.1 Å². The fraction of sp³-hybridized carbons (Fsp3) is 0.333. The van der Waals surface area contributed by atoms with E-state index in [1.807, 2.05) is 0 Å². The van der Waals surface area contributed by atoms with E-state index in [-0.39, 0.29) is 5.91 Å². The molecule has 0 saturated heterocycles. The van der Waals surface area contributed by atoms with Crippen LogP contribution in [0.4, 0.5) is 0 Å². The maximum absolute atomic E-state index is 11.4. The second-order valence-corrected chi connectivity index (χ2v) is 2.78. The number of ether oxygens (including phenoxy) is 1. The zero-order valence-corrected chi connectivity index (χ0v) is 7.94. The summed E-state index contributed by atoms with van der Waals surface area (Å²) in [5.41, 5.74) is 0.393. The molecule has 4 nitrogen and oxygen atoms in total. The van der Waals surface area contributed by atoms with E-state index in [0.717, 1.165) is 0 Å². The van der Waals surface area contributed by atoms with Crippen molar-refractivity contribution in [1.82, 2.24) is 9.88 Å². The largest absolute Gasteiger partial charge is 0.497 e. The fourth-order valence-electron chi connectivity index (χ4n) is 0.884. The first-order valence-electron chi connectivity index (χ1n) is 3.87. The fourth-order valence-corrected chi connectivity index (χ4v) is 0.884. The molecule has 4 heteroatoms. The molecule has 0 saturated carbocycles. The van der Waals surface area contributed by atoms with Gasteiger partial charge >= 0.3 is 0 Å². The van der Waals surface area contributed by atoms with Crippen LogP contribution in [0.5, 0.6) is 5.75 Å². The monoisotopic (exact) mass is 180 g/mol. The summed E-state index contributed by atoms with van der Waals surface area (Å²) >= 11 is 0. The number of methoxy groups -OCH3 is 1. The molecule has 0 spiro atoms. The van der Waals surface area contributed by atoms with Gasteiger partial charge in [0.15, 0.2) is 0 Å². The van der Waals surface area contributed by atoms with E-state index in [4.69, 9.17) is 4.74 Å². The lowest BCUT2D eigenvalue weighted by Gasteiger charge is -2.09. The predicted molar refractivity (Wildman–Crippen MR) is 48.8 cm³/mol. The van der Waals surface area contributed by atoms with Crippen molar-refractivity contribution in [2.75, 3.05) is 21.2 Å². The Hall–Kier alpha value is -1.58. The van der Waals surface area contributed by atoms with E-state index in [1.54, 1.807) is 39.5 Å². The first-order valence-corrected chi connectivity index (χ1v) is 3.87. The van der Waals surface area contributed by atoms with E-state index < -0.39 is 0 Å². The van der Waals surface area contributed by atoms with Gasteiger partial charge < -0.3 is 9.64 Å². The Balaban J connectivity index is 2.95. The van der Waals surface area contributed by atoms with Crippen molar-refractivity contribution >= 4 is 5.91 Å². The van der Waals surface area contributed by atoms with Crippen LogP contribution in [0.1, 0.15) is 10.5 Å². The molecule has 0 fully saturated rings. The normalized spacial score (nSPS) is 9.46. The molecule has 1 aromatic rings. The van der Waals surface area contributed by atoms with Gasteiger partial charge in [-0.2, -0.15) is 0 Å². The molecule has 0 aliphatic carbocycles. The molecule has 1 rings (SSSR count). The third-order valence-electron chi connectivity index (χ3n) is 1.59. The van der Waals surface area contributed by atoms with Crippen molar-refractivity contribution in [3.8, 4) is 5.75 Å². The minimum atomic E-state index is -0.126. The van der Waals surface area contributed by atoms with Gasteiger partial charge in [-0.1, -0.05) is 0 Å². The summed E-state index contributed by atoms with van der Waals surface area (Å²) in [6, 6.07) is 3.31. The average Bonchev–Trinajstić information content (AvgIpc) is 2.16. The van der Waals surface area contributed by atoms with Gasteiger partial charge in [-0.05, 0) is 6.07 Å². The van der Waals surface area contributed by atoms with Crippen LogP contribution in [0.25, 0.3) is 0 Å². The first-order chi connectivity index (χ1) is 6.15. The number of rotatable bonds is 2. The Kier molecular flexibility index (Phi) is 2.84. The number of nitrogens with zero attached hydrogens (tertiary/aromatic N) is 2. The van der Waals surface area contributed by atoms with Crippen molar-refractivity contribution in [2.45, 2.75) is 0 Å². The standard InChI is InChI=1S/C9H12N2O2/c1-11(2)9(12)8-6-7(13-3)4-5-10-8/h4-6H,1-3H3. The number of hydrogen-bond acceptors (Lipinski definition) is 3. The van der Waals surface area contributed by atoms with Crippen LogP contribution in [0.2, 0.25) is 0 Å². The SMILES string of the molecule is COc1ccnc(C(=O)N(C)C)c1. The number of pyridine rings is 1. The van der Waals surface area contributed by atoms with Crippen molar-refractivity contribution in [3.05, 3.63) is 24.0 Å². The Morgan fingerprint density at radius 2 is 2.23 bits per heavy atom. The summed E-state index contributed by atoms with van der Waals surface area (Å²) in [6.07, 6.45) is 1.55. The summed E-state index contributed by atoms with van der Waals surface area (Å²) in [5.74, 6) is 0.513. The van der Waals surface area contributed by atoms with E-state index in [9.17, 15) is 4.79 Å². The van der Waals surface area contributed by atoms with Crippen molar-refractivity contribution in [3.63, 3.8) is 0 Å². The van der Waals surface area contributed by atoms with Crippen LogP contribution in [0, 0.1) is 0 Å². The smallest absolute Gasteiger partial charge is 0.272 e. The lowest BCUT2D eigenvalue weighted by atomic mass is 10.3. The highest BCUT2D eigenvalue weighted by atomic mass is 16.5. The minimum absolute atomic E-state index is 0.126. The molecular formula is C9H12N2O2. The summed E-state index contributed by atoms with van der Waals surface area (Å²) < 4.78 is 4.97. The zero-order chi connectivity index (χ0) is 9.84. The summed E-state index contributed by atoms with van der Waals surface area (Å²) in [6.45, 7) is 0. The number of amides is 1. The van der Waals surface area contributed by atoms with Crippen LogP contribution in [-0.4, -0.2) is 37.0 Å². The van der Waals surface area contributed by atoms with Crippen molar-refractivity contribution < 1.29 is 9.53 Å². The van der Waals surface area contributed by atoms with Gasteiger partial charge in [-0.3, -0.25) is 9.78 Å². The quantitative estimate of drug-likeness (QED) is 0.675. The van der Waals surface area contributed by atoms with E-state index in [2.05, 4.69) is 4.98 Å². The molecule has 0 aliphatic rings. The molecule has 0 unspecified atom stereocenters. The molecule has 13 heavy (non-hydrogen) atoms. The van der Waals surface area contributed by atoms with Crippen LogP contribution < -0.4 is 4.74 Å². The van der Waals surface area contributed by atoms with Crippen LogP contribution in [0.15, 0.2) is 18.3 Å². The van der Waals surface area contributed by atoms with Gasteiger partial charge in [-0.25, -0.2) is 0 Å². The van der Waals surface area contributed by atoms with E-state index in [0.29, 0.717) is 11.4 Å². The summed E-state index contributed by atoms with van der Waals surface area (Å²) in [5, 5.41) is 0. The number of carbonyl (C=O) groups excluding carboxylic acids is 1. The van der Waals surface area contributed by atoms with Gasteiger partial charge in [0.2, 0.25) is 0 Å². The molecule has 0 aliphatic heterocycles. The molecule has 0 bridgehead atoms. The lowest BCUT2D eigenvalue weighted by molar-refractivity contribution is 0.0821. The Morgan fingerprint density at radius 3 is 2.77 bits per heavy atom. The second kappa shape index (κ2) is 3.89.